The zero-order valence-corrected chi connectivity index (χ0v) is 12.0. The molecule has 0 radical (unpaired) electrons. The highest BCUT2D eigenvalue weighted by Gasteiger charge is 2.23. The lowest BCUT2D eigenvalue weighted by molar-refractivity contribution is 0.339. The first-order valence-electron chi connectivity index (χ1n) is 7.24. The van der Waals surface area contributed by atoms with Gasteiger partial charge in [-0.1, -0.05) is 6.07 Å². The molecule has 3 rings (SSSR count). The van der Waals surface area contributed by atoms with Crippen molar-refractivity contribution in [3.8, 4) is 5.75 Å². The summed E-state index contributed by atoms with van der Waals surface area (Å²) in [4.78, 5) is 0. The van der Waals surface area contributed by atoms with Crippen molar-refractivity contribution in [2.24, 2.45) is 0 Å². The maximum absolute atomic E-state index is 13.3. The fourth-order valence-electron chi connectivity index (χ4n) is 2.87. The van der Waals surface area contributed by atoms with Gasteiger partial charge in [-0.15, -0.1) is 0 Å². The SMILES string of the molecule is CCOc1cc(F)ccc1NC1CCc2cc(N)ccc21. The van der Waals surface area contributed by atoms with Gasteiger partial charge in [0.15, 0.2) is 0 Å². The number of rotatable bonds is 4. The van der Waals surface area contributed by atoms with E-state index in [0.29, 0.717) is 12.4 Å². The molecule has 21 heavy (non-hydrogen) atoms. The second-order valence-electron chi connectivity index (χ2n) is 5.27. The molecule has 4 heteroatoms. The summed E-state index contributed by atoms with van der Waals surface area (Å²) in [5, 5.41) is 3.46. The first-order valence-corrected chi connectivity index (χ1v) is 7.24. The topological polar surface area (TPSA) is 47.3 Å². The number of aryl methyl sites for hydroxylation is 1. The second kappa shape index (κ2) is 5.64. The van der Waals surface area contributed by atoms with Crippen molar-refractivity contribution in [3.63, 3.8) is 0 Å². The van der Waals surface area contributed by atoms with Crippen LogP contribution < -0.4 is 15.8 Å². The molecule has 0 aliphatic heterocycles. The van der Waals surface area contributed by atoms with Crippen LogP contribution in [-0.4, -0.2) is 6.61 Å². The minimum absolute atomic E-state index is 0.213. The summed E-state index contributed by atoms with van der Waals surface area (Å²) >= 11 is 0. The van der Waals surface area contributed by atoms with Gasteiger partial charge in [0.25, 0.3) is 0 Å². The molecule has 1 unspecified atom stereocenters. The van der Waals surface area contributed by atoms with Gasteiger partial charge in [-0.25, -0.2) is 4.39 Å². The molecule has 2 aromatic rings. The van der Waals surface area contributed by atoms with E-state index in [1.54, 1.807) is 6.07 Å². The Kier molecular flexibility index (Phi) is 3.69. The zero-order chi connectivity index (χ0) is 14.8. The molecule has 0 saturated carbocycles. The first kappa shape index (κ1) is 13.7. The van der Waals surface area contributed by atoms with Crippen molar-refractivity contribution in [2.45, 2.75) is 25.8 Å². The molecule has 0 spiro atoms. The summed E-state index contributed by atoms with van der Waals surface area (Å²) < 4.78 is 18.9. The highest BCUT2D eigenvalue weighted by molar-refractivity contribution is 5.59. The van der Waals surface area contributed by atoms with Crippen LogP contribution in [0.1, 0.15) is 30.5 Å². The van der Waals surface area contributed by atoms with E-state index < -0.39 is 0 Å². The molecule has 1 aliphatic rings. The number of nitrogens with two attached hydrogens (primary N) is 1. The molecule has 0 aromatic heterocycles. The van der Waals surface area contributed by atoms with E-state index in [1.807, 2.05) is 19.1 Å². The van der Waals surface area contributed by atoms with Crippen molar-refractivity contribution in [3.05, 3.63) is 53.3 Å². The normalized spacial score (nSPS) is 16.6. The Labute approximate surface area is 123 Å². The van der Waals surface area contributed by atoms with Crippen LogP contribution in [0.2, 0.25) is 0 Å². The Hall–Kier alpha value is -2.23. The van der Waals surface area contributed by atoms with Crippen molar-refractivity contribution in [1.82, 2.24) is 0 Å². The second-order valence-corrected chi connectivity index (χ2v) is 5.27. The Balaban J connectivity index is 1.86. The van der Waals surface area contributed by atoms with E-state index in [2.05, 4.69) is 11.4 Å². The number of ether oxygens (including phenoxy) is 1. The summed E-state index contributed by atoms with van der Waals surface area (Å²) in [6.45, 7) is 2.40. The van der Waals surface area contributed by atoms with Gasteiger partial charge in [0.05, 0.1) is 18.3 Å². The predicted octanol–water partition coefficient (Wildman–Crippen LogP) is 3.91. The fraction of sp³-hybridized carbons (Fsp3) is 0.294. The quantitative estimate of drug-likeness (QED) is 0.838. The maximum Gasteiger partial charge on any atom is 0.145 e. The predicted molar refractivity (Wildman–Crippen MR) is 83.1 cm³/mol. The average Bonchev–Trinajstić information content (AvgIpc) is 2.84. The molecule has 110 valence electrons. The lowest BCUT2D eigenvalue weighted by Gasteiger charge is -2.18. The summed E-state index contributed by atoms with van der Waals surface area (Å²) in [6, 6.07) is 10.8. The summed E-state index contributed by atoms with van der Waals surface area (Å²) in [5.74, 6) is 0.269. The van der Waals surface area contributed by atoms with Crippen molar-refractivity contribution >= 4 is 11.4 Å². The molecule has 3 N–H and O–H groups in total. The Morgan fingerprint density at radius 2 is 2.14 bits per heavy atom. The largest absolute Gasteiger partial charge is 0.492 e. The molecule has 3 nitrogen and oxygen atoms in total. The third-order valence-corrected chi connectivity index (χ3v) is 3.82. The van der Waals surface area contributed by atoms with E-state index in [0.717, 1.165) is 24.2 Å². The van der Waals surface area contributed by atoms with Crippen LogP contribution in [0.4, 0.5) is 15.8 Å². The van der Waals surface area contributed by atoms with Crippen LogP contribution in [0.3, 0.4) is 0 Å². The van der Waals surface area contributed by atoms with Gasteiger partial charge in [0.2, 0.25) is 0 Å². The van der Waals surface area contributed by atoms with Crippen LogP contribution in [-0.2, 0) is 6.42 Å². The first-order chi connectivity index (χ1) is 10.2. The number of nitrogen functional groups attached to an aromatic ring is 1. The number of halogens is 1. The molecule has 0 saturated heterocycles. The molecule has 1 atom stereocenters. The molecular weight excluding hydrogens is 267 g/mol. The highest BCUT2D eigenvalue weighted by atomic mass is 19.1. The van der Waals surface area contributed by atoms with Crippen molar-refractivity contribution in [1.29, 1.82) is 0 Å². The lowest BCUT2D eigenvalue weighted by Crippen LogP contribution is -2.09. The zero-order valence-electron chi connectivity index (χ0n) is 12.0. The van der Waals surface area contributed by atoms with Crippen LogP contribution in [0.5, 0.6) is 5.75 Å². The lowest BCUT2D eigenvalue weighted by atomic mass is 10.1. The van der Waals surface area contributed by atoms with Gasteiger partial charge in [0.1, 0.15) is 11.6 Å². The molecule has 0 bridgehead atoms. The third-order valence-electron chi connectivity index (χ3n) is 3.82. The van der Waals surface area contributed by atoms with Gasteiger partial charge >= 0.3 is 0 Å². The number of hydrogen-bond acceptors (Lipinski definition) is 3. The molecule has 0 amide bonds. The summed E-state index contributed by atoms with van der Waals surface area (Å²) in [7, 11) is 0. The third kappa shape index (κ3) is 2.79. The fourth-order valence-corrected chi connectivity index (χ4v) is 2.87. The molecule has 0 heterocycles. The number of hydrogen-bond donors (Lipinski definition) is 2. The molecule has 1 aliphatic carbocycles. The van der Waals surface area contributed by atoms with Gasteiger partial charge in [0, 0.05) is 11.8 Å². The van der Waals surface area contributed by atoms with Gasteiger partial charge in [-0.05, 0) is 55.2 Å². The van der Waals surface area contributed by atoms with E-state index in [1.165, 1.54) is 23.3 Å². The van der Waals surface area contributed by atoms with Gasteiger partial charge in [-0.2, -0.15) is 0 Å². The van der Waals surface area contributed by atoms with Crippen molar-refractivity contribution in [2.75, 3.05) is 17.7 Å². The number of benzene rings is 2. The summed E-state index contributed by atoms with van der Waals surface area (Å²) in [5.41, 5.74) is 10.00. The number of anilines is 2. The minimum Gasteiger partial charge on any atom is -0.492 e. The Morgan fingerprint density at radius 3 is 2.95 bits per heavy atom. The minimum atomic E-state index is -0.288. The van der Waals surface area contributed by atoms with Crippen LogP contribution in [0, 0.1) is 5.82 Å². The van der Waals surface area contributed by atoms with E-state index in [-0.39, 0.29) is 11.9 Å². The molecule has 2 aromatic carbocycles. The van der Waals surface area contributed by atoms with Crippen LogP contribution >= 0.6 is 0 Å². The smallest absolute Gasteiger partial charge is 0.145 e. The van der Waals surface area contributed by atoms with Gasteiger partial charge in [-0.3, -0.25) is 0 Å². The molecule has 0 fully saturated rings. The average molecular weight is 286 g/mol. The standard InChI is InChI=1S/C17H19FN2O/c1-2-21-17-10-12(18)4-8-16(17)20-15-7-3-11-9-13(19)5-6-14(11)15/h4-6,8-10,15,20H,2-3,7,19H2,1H3. The van der Waals surface area contributed by atoms with Crippen LogP contribution in [0.15, 0.2) is 36.4 Å². The number of nitrogens with one attached hydrogen (secondary N) is 1. The van der Waals surface area contributed by atoms with Crippen LogP contribution in [0.25, 0.3) is 0 Å². The number of fused-ring (bicyclic) bond motifs is 1. The van der Waals surface area contributed by atoms with E-state index in [9.17, 15) is 4.39 Å². The van der Waals surface area contributed by atoms with Crippen molar-refractivity contribution < 1.29 is 9.13 Å². The monoisotopic (exact) mass is 286 g/mol. The van der Waals surface area contributed by atoms with E-state index in [4.69, 9.17) is 10.5 Å². The maximum atomic E-state index is 13.3. The molecular formula is C17H19FN2O. The van der Waals surface area contributed by atoms with E-state index >= 15 is 0 Å². The Bertz CT molecular complexity index is 657. The highest BCUT2D eigenvalue weighted by Crippen LogP contribution is 2.37. The summed E-state index contributed by atoms with van der Waals surface area (Å²) in [6.07, 6.45) is 2.00. The van der Waals surface area contributed by atoms with Gasteiger partial charge < -0.3 is 15.8 Å². The Morgan fingerprint density at radius 1 is 1.29 bits per heavy atom.